The SMILES string of the molecule is Cc1cc(Nc2ccc(C(=O)N(C)C)cc2)n(-c2nc(C(F)(F)F)cc(=O)[nH]2)n1. The van der Waals surface area contributed by atoms with E-state index in [0.717, 1.165) is 4.68 Å². The number of aromatic amines is 1. The number of hydrogen-bond donors (Lipinski definition) is 2. The molecule has 8 nitrogen and oxygen atoms in total. The fourth-order valence-corrected chi connectivity index (χ4v) is 2.54. The molecule has 0 aliphatic carbocycles. The Bertz CT molecular complexity index is 1100. The molecular weight excluding hydrogens is 389 g/mol. The van der Waals surface area contributed by atoms with Gasteiger partial charge < -0.3 is 10.2 Å². The van der Waals surface area contributed by atoms with E-state index in [-0.39, 0.29) is 17.7 Å². The zero-order valence-corrected chi connectivity index (χ0v) is 15.7. The number of nitrogens with zero attached hydrogens (tertiary/aromatic N) is 4. The van der Waals surface area contributed by atoms with Crippen molar-refractivity contribution in [3.05, 3.63) is 63.7 Å². The van der Waals surface area contributed by atoms with Crippen LogP contribution in [0.3, 0.4) is 0 Å². The van der Waals surface area contributed by atoms with Gasteiger partial charge in [0.15, 0.2) is 5.69 Å². The van der Waals surface area contributed by atoms with Gasteiger partial charge in [0.25, 0.3) is 11.5 Å². The number of hydrogen-bond acceptors (Lipinski definition) is 5. The van der Waals surface area contributed by atoms with Gasteiger partial charge in [0.05, 0.1) is 5.69 Å². The Labute approximate surface area is 163 Å². The normalized spacial score (nSPS) is 11.4. The highest BCUT2D eigenvalue weighted by Crippen LogP contribution is 2.27. The van der Waals surface area contributed by atoms with Crippen LogP contribution in [-0.4, -0.2) is 44.7 Å². The fourth-order valence-electron chi connectivity index (χ4n) is 2.54. The van der Waals surface area contributed by atoms with Gasteiger partial charge >= 0.3 is 6.18 Å². The van der Waals surface area contributed by atoms with E-state index in [2.05, 4.69) is 20.4 Å². The molecule has 1 amide bonds. The lowest BCUT2D eigenvalue weighted by Gasteiger charge is -2.12. The Morgan fingerprint density at radius 3 is 2.41 bits per heavy atom. The van der Waals surface area contributed by atoms with E-state index in [9.17, 15) is 22.8 Å². The minimum atomic E-state index is -4.77. The van der Waals surface area contributed by atoms with E-state index in [1.54, 1.807) is 51.4 Å². The third-order valence-electron chi connectivity index (χ3n) is 3.86. The van der Waals surface area contributed by atoms with Crippen LogP contribution in [0, 0.1) is 6.92 Å². The lowest BCUT2D eigenvalue weighted by Crippen LogP contribution is -2.21. The van der Waals surface area contributed by atoms with Gasteiger partial charge in [0, 0.05) is 37.5 Å². The van der Waals surface area contributed by atoms with Gasteiger partial charge in [0.2, 0.25) is 5.95 Å². The second-order valence-corrected chi connectivity index (χ2v) is 6.44. The Balaban J connectivity index is 1.96. The minimum Gasteiger partial charge on any atom is -0.345 e. The molecular formula is C18H17F3N6O2. The number of alkyl halides is 3. The summed E-state index contributed by atoms with van der Waals surface area (Å²) in [6.45, 7) is 1.65. The summed E-state index contributed by atoms with van der Waals surface area (Å²) < 4.78 is 40.0. The van der Waals surface area contributed by atoms with E-state index < -0.39 is 17.4 Å². The molecule has 0 aliphatic rings. The molecule has 2 heterocycles. The predicted octanol–water partition coefficient (Wildman–Crippen LogP) is 2.73. The summed E-state index contributed by atoms with van der Waals surface area (Å²) in [7, 11) is 3.28. The van der Waals surface area contributed by atoms with Crippen LogP contribution in [0.1, 0.15) is 21.7 Å². The third-order valence-corrected chi connectivity index (χ3v) is 3.86. The number of rotatable bonds is 4. The van der Waals surface area contributed by atoms with E-state index in [0.29, 0.717) is 23.0 Å². The number of nitrogens with one attached hydrogen (secondary N) is 2. The van der Waals surface area contributed by atoms with Crippen molar-refractivity contribution >= 4 is 17.4 Å². The van der Waals surface area contributed by atoms with Gasteiger partial charge in [-0.2, -0.15) is 23.0 Å². The lowest BCUT2D eigenvalue weighted by molar-refractivity contribution is -0.141. The zero-order chi connectivity index (χ0) is 21.3. The number of anilines is 2. The monoisotopic (exact) mass is 406 g/mol. The summed E-state index contributed by atoms with van der Waals surface area (Å²) in [5, 5.41) is 7.10. The van der Waals surface area contributed by atoms with Crippen LogP contribution in [0.5, 0.6) is 0 Å². The molecule has 3 rings (SSSR count). The quantitative estimate of drug-likeness (QED) is 0.695. The van der Waals surface area contributed by atoms with Crippen LogP contribution in [-0.2, 0) is 6.18 Å². The summed E-state index contributed by atoms with van der Waals surface area (Å²) in [5.74, 6) is -0.250. The molecule has 11 heteroatoms. The number of amides is 1. The van der Waals surface area contributed by atoms with Crippen LogP contribution in [0.25, 0.3) is 5.95 Å². The molecule has 0 unspecified atom stereocenters. The van der Waals surface area contributed by atoms with E-state index in [1.165, 1.54) is 4.90 Å². The molecule has 0 spiro atoms. The van der Waals surface area contributed by atoms with E-state index in [4.69, 9.17) is 0 Å². The second-order valence-electron chi connectivity index (χ2n) is 6.44. The van der Waals surface area contributed by atoms with Crippen LogP contribution in [0.15, 0.2) is 41.2 Å². The molecule has 0 bridgehead atoms. The second kappa shape index (κ2) is 7.41. The Morgan fingerprint density at radius 1 is 1.17 bits per heavy atom. The lowest BCUT2D eigenvalue weighted by atomic mass is 10.2. The summed E-state index contributed by atoms with van der Waals surface area (Å²) in [6, 6.07) is 8.48. The number of aromatic nitrogens is 4. The van der Waals surface area contributed by atoms with Crippen molar-refractivity contribution in [2.24, 2.45) is 0 Å². The summed E-state index contributed by atoms with van der Waals surface area (Å²) in [4.78, 5) is 30.8. The third kappa shape index (κ3) is 4.45. The molecule has 0 aliphatic heterocycles. The van der Waals surface area contributed by atoms with Crippen molar-refractivity contribution in [1.29, 1.82) is 0 Å². The molecule has 1 aromatic carbocycles. The number of carbonyl (C=O) groups excluding carboxylic acids is 1. The fraction of sp³-hybridized carbons (Fsp3) is 0.222. The molecule has 29 heavy (non-hydrogen) atoms. The standard InChI is InChI=1S/C18H17F3N6O2/c1-10-8-14(22-12-6-4-11(5-7-12)16(29)26(2)3)27(25-10)17-23-13(18(19,20)21)9-15(28)24-17/h4-9,22H,1-3H3,(H,23,24,28). The highest BCUT2D eigenvalue weighted by atomic mass is 19.4. The van der Waals surface area contributed by atoms with Crippen LogP contribution >= 0.6 is 0 Å². The molecule has 0 fully saturated rings. The smallest absolute Gasteiger partial charge is 0.345 e. The van der Waals surface area contributed by atoms with Crippen LogP contribution in [0.2, 0.25) is 0 Å². The van der Waals surface area contributed by atoms with Crippen molar-refractivity contribution in [3.63, 3.8) is 0 Å². The molecule has 2 aromatic heterocycles. The molecule has 0 saturated carbocycles. The van der Waals surface area contributed by atoms with Gasteiger partial charge in [-0.3, -0.25) is 14.6 Å². The Kier molecular flexibility index (Phi) is 5.14. The van der Waals surface area contributed by atoms with Crippen LogP contribution in [0.4, 0.5) is 24.7 Å². The van der Waals surface area contributed by atoms with Crippen molar-refractivity contribution in [2.45, 2.75) is 13.1 Å². The van der Waals surface area contributed by atoms with Crippen molar-refractivity contribution < 1.29 is 18.0 Å². The topological polar surface area (TPSA) is 95.9 Å². The van der Waals surface area contributed by atoms with Crippen molar-refractivity contribution in [1.82, 2.24) is 24.6 Å². The van der Waals surface area contributed by atoms with Gasteiger partial charge in [-0.1, -0.05) is 0 Å². The summed E-state index contributed by atoms with van der Waals surface area (Å²) >= 11 is 0. The Hall–Kier alpha value is -3.63. The predicted molar refractivity (Wildman–Crippen MR) is 99.5 cm³/mol. The highest BCUT2D eigenvalue weighted by molar-refractivity contribution is 5.94. The molecule has 0 saturated heterocycles. The first-order valence-electron chi connectivity index (χ1n) is 8.39. The highest BCUT2D eigenvalue weighted by Gasteiger charge is 2.33. The maximum absolute atomic E-state index is 13.0. The van der Waals surface area contributed by atoms with Gasteiger partial charge in [-0.15, -0.1) is 0 Å². The number of benzene rings is 1. The molecule has 2 N–H and O–H groups in total. The Morgan fingerprint density at radius 2 is 1.83 bits per heavy atom. The number of aryl methyl sites for hydroxylation is 1. The van der Waals surface area contributed by atoms with Crippen molar-refractivity contribution in [2.75, 3.05) is 19.4 Å². The maximum atomic E-state index is 13.0. The molecule has 152 valence electrons. The van der Waals surface area contributed by atoms with Crippen LogP contribution < -0.4 is 10.9 Å². The molecule has 0 atom stereocenters. The van der Waals surface area contributed by atoms with Crippen molar-refractivity contribution in [3.8, 4) is 5.95 Å². The number of carbonyl (C=O) groups is 1. The first-order valence-corrected chi connectivity index (χ1v) is 8.39. The summed E-state index contributed by atoms with van der Waals surface area (Å²) in [6.07, 6.45) is -4.77. The van der Waals surface area contributed by atoms with Gasteiger partial charge in [-0.25, -0.2) is 4.98 Å². The number of halogens is 3. The van der Waals surface area contributed by atoms with Gasteiger partial charge in [-0.05, 0) is 31.2 Å². The number of H-pyrrole nitrogens is 1. The molecule has 0 radical (unpaired) electrons. The van der Waals surface area contributed by atoms with E-state index in [1.807, 2.05) is 0 Å². The zero-order valence-electron chi connectivity index (χ0n) is 15.7. The first kappa shape index (κ1) is 20.1. The molecule has 3 aromatic rings. The van der Waals surface area contributed by atoms with E-state index >= 15 is 0 Å². The average Bonchev–Trinajstić information content (AvgIpc) is 3.00. The minimum absolute atomic E-state index is 0.164. The maximum Gasteiger partial charge on any atom is 0.433 e. The summed E-state index contributed by atoms with van der Waals surface area (Å²) in [5.41, 5.74) is -0.730. The average molecular weight is 406 g/mol. The first-order chi connectivity index (χ1) is 13.5. The largest absolute Gasteiger partial charge is 0.433 e. The van der Waals surface area contributed by atoms with Gasteiger partial charge in [0.1, 0.15) is 5.82 Å².